The molecule has 0 fully saturated rings. The van der Waals surface area contributed by atoms with Crippen molar-refractivity contribution in [3.8, 4) is 28.7 Å². The Morgan fingerprint density at radius 1 is 0.762 bits per heavy atom. The van der Waals surface area contributed by atoms with E-state index in [0.717, 1.165) is 45.1 Å². The van der Waals surface area contributed by atoms with E-state index in [1.807, 2.05) is 52.0 Å². The molecule has 7 aromatic rings. The van der Waals surface area contributed by atoms with Gasteiger partial charge in [-0.25, -0.2) is 4.98 Å². The largest absolute Gasteiger partial charge is 0.458 e. The van der Waals surface area contributed by atoms with Gasteiger partial charge in [-0.05, 0) is 78.6 Å². The third-order valence-electron chi connectivity index (χ3n) is 7.68. The van der Waals surface area contributed by atoms with Crippen molar-refractivity contribution < 1.29 is 9.30 Å². The Labute approximate surface area is 245 Å². The fourth-order valence-electron chi connectivity index (χ4n) is 5.48. The summed E-state index contributed by atoms with van der Waals surface area (Å²) >= 11 is 0. The third-order valence-corrected chi connectivity index (χ3v) is 7.68. The minimum Gasteiger partial charge on any atom is -0.458 e. The molecule has 5 heteroatoms. The molecule has 0 saturated heterocycles. The molecule has 0 atom stereocenters. The van der Waals surface area contributed by atoms with Crippen LogP contribution in [-0.2, 0) is 5.41 Å². The highest BCUT2D eigenvalue weighted by atomic mass is 16.5. The van der Waals surface area contributed by atoms with Crippen LogP contribution in [-0.4, -0.2) is 14.1 Å². The molecule has 7 rings (SSSR count). The van der Waals surface area contributed by atoms with Gasteiger partial charge in [0.1, 0.15) is 17.3 Å². The van der Waals surface area contributed by atoms with E-state index in [0.29, 0.717) is 0 Å². The first-order chi connectivity index (χ1) is 20.3. The first-order valence-corrected chi connectivity index (χ1v) is 14.2. The van der Waals surface area contributed by atoms with Gasteiger partial charge in [0.2, 0.25) is 0 Å². The lowest BCUT2D eigenvalue weighted by Crippen LogP contribution is -2.28. The first kappa shape index (κ1) is 25.8. The molecule has 0 unspecified atom stereocenters. The molecular formula is C37H32N4O. The van der Waals surface area contributed by atoms with Crippen molar-refractivity contribution in [3.05, 3.63) is 139 Å². The van der Waals surface area contributed by atoms with Gasteiger partial charge in [-0.15, -0.1) is 0 Å². The van der Waals surface area contributed by atoms with Gasteiger partial charge in [-0.1, -0.05) is 62.7 Å². The number of benzene rings is 4. The normalized spacial score (nSPS) is 11.8. The summed E-state index contributed by atoms with van der Waals surface area (Å²) in [5.74, 6) is 2.42. The van der Waals surface area contributed by atoms with Crippen molar-refractivity contribution in [1.29, 1.82) is 0 Å². The zero-order valence-electron chi connectivity index (χ0n) is 24.2. The molecule has 0 aliphatic rings. The Hall–Kier alpha value is -5.16. The number of aromatic nitrogens is 4. The average molecular weight is 549 g/mol. The summed E-state index contributed by atoms with van der Waals surface area (Å²) in [6.07, 6.45) is 9.33. The Bertz CT molecular complexity index is 2080. The smallest absolute Gasteiger partial charge is 0.268 e. The van der Waals surface area contributed by atoms with Gasteiger partial charge in [-0.2, -0.15) is 0 Å². The lowest BCUT2D eigenvalue weighted by atomic mass is 9.88. The number of nitrogens with zero attached hydrogens (tertiary/aromatic N) is 4. The van der Waals surface area contributed by atoms with Crippen LogP contribution in [0.4, 0.5) is 0 Å². The van der Waals surface area contributed by atoms with E-state index in [1.165, 1.54) is 16.5 Å². The highest BCUT2D eigenvalue weighted by Crippen LogP contribution is 2.36. The second-order valence-electron chi connectivity index (χ2n) is 11.8. The molecule has 0 radical (unpaired) electrons. The van der Waals surface area contributed by atoms with Crippen LogP contribution in [0.3, 0.4) is 0 Å². The zero-order chi connectivity index (χ0) is 28.8. The lowest BCUT2D eigenvalue weighted by Gasteiger charge is -2.20. The second-order valence-corrected chi connectivity index (χ2v) is 11.8. The van der Waals surface area contributed by atoms with E-state index in [1.54, 1.807) is 0 Å². The number of rotatable bonds is 5. The zero-order valence-corrected chi connectivity index (χ0v) is 24.2. The number of fused-ring (bicyclic) bond motifs is 3. The van der Waals surface area contributed by atoms with E-state index >= 15 is 0 Å². The van der Waals surface area contributed by atoms with Crippen molar-refractivity contribution in [2.45, 2.75) is 33.1 Å². The van der Waals surface area contributed by atoms with Crippen LogP contribution in [0.25, 0.3) is 39.0 Å². The van der Waals surface area contributed by atoms with Crippen molar-refractivity contribution in [2.24, 2.45) is 0 Å². The summed E-state index contributed by atoms with van der Waals surface area (Å²) in [7, 11) is 0. The molecule has 0 saturated carbocycles. The highest BCUT2D eigenvalue weighted by Gasteiger charge is 2.18. The molecule has 0 bridgehead atoms. The Morgan fingerprint density at radius 2 is 1.57 bits per heavy atom. The van der Waals surface area contributed by atoms with E-state index in [2.05, 4.69) is 117 Å². The van der Waals surface area contributed by atoms with Crippen LogP contribution in [0.5, 0.6) is 11.5 Å². The van der Waals surface area contributed by atoms with E-state index in [9.17, 15) is 0 Å². The van der Waals surface area contributed by atoms with Crippen molar-refractivity contribution >= 4 is 21.8 Å². The minimum absolute atomic E-state index is 0.0200. The van der Waals surface area contributed by atoms with E-state index in [-0.39, 0.29) is 5.41 Å². The standard InChI is InChI=1S/C37H32N4O/c1-26-9-7-10-28(21-26)39-19-20-40(25-39)29-11-8-12-30(23-29)42-31-15-16-33-32-13-5-6-14-34(32)41(35(33)24-31)36-22-27(17-18-38-36)37(2,3)4/h5-24H,1-4H3. The molecule has 0 aliphatic heterocycles. The summed E-state index contributed by atoms with van der Waals surface area (Å²) in [6, 6.07) is 35.5. The number of aryl methyl sites for hydroxylation is 1. The molecule has 0 amide bonds. The summed E-state index contributed by atoms with van der Waals surface area (Å²) in [5.41, 5.74) is 6.70. The lowest BCUT2D eigenvalue weighted by molar-refractivity contribution is -0.599. The molecule has 3 aromatic heterocycles. The van der Waals surface area contributed by atoms with E-state index < -0.39 is 0 Å². The number of hydrogen-bond acceptors (Lipinski definition) is 2. The van der Waals surface area contributed by atoms with E-state index in [4.69, 9.17) is 9.72 Å². The topological polar surface area (TPSA) is 35.9 Å². The summed E-state index contributed by atoms with van der Waals surface area (Å²) < 4.78 is 12.7. The quantitative estimate of drug-likeness (QED) is 0.160. The Morgan fingerprint density at radius 3 is 2.43 bits per heavy atom. The highest BCUT2D eigenvalue weighted by molar-refractivity contribution is 6.09. The van der Waals surface area contributed by atoms with Crippen LogP contribution in [0, 0.1) is 13.3 Å². The van der Waals surface area contributed by atoms with Crippen molar-refractivity contribution in [2.75, 3.05) is 0 Å². The fourth-order valence-corrected chi connectivity index (χ4v) is 5.48. The van der Waals surface area contributed by atoms with Crippen LogP contribution in [0.15, 0.2) is 122 Å². The fraction of sp³-hybridized carbons (Fsp3) is 0.135. The monoisotopic (exact) mass is 548 g/mol. The minimum atomic E-state index is 0.0200. The van der Waals surface area contributed by atoms with Gasteiger partial charge in [-0.3, -0.25) is 13.7 Å². The molecule has 5 nitrogen and oxygen atoms in total. The van der Waals surface area contributed by atoms with Crippen LogP contribution in [0.2, 0.25) is 0 Å². The maximum atomic E-state index is 6.45. The van der Waals surface area contributed by atoms with Crippen LogP contribution < -0.4 is 9.30 Å². The number of pyridine rings is 1. The van der Waals surface area contributed by atoms with Crippen molar-refractivity contribution in [1.82, 2.24) is 14.1 Å². The number of ether oxygens (including phenoxy) is 1. The van der Waals surface area contributed by atoms with Gasteiger partial charge in [0.15, 0.2) is 0 Å². The summed E-state index contributed by atoms with van der Waals surface area (Å²) in [5, 5.41) is 2.35. The van der Waals surface area contributed by atoms with Gasteiger partial charge in [0.05, 0.1) is 22.4 Å². The number of para-hydroxylation sites is 1. The van der Waals surface area contributed by atoms with Gasteiger partial charge in [0, 0.05) is 35.4 Å². The predicted octanol–water partition coefficient (Wildman–Crippen LogP) is 8.44. The first-order valence-electron chi connectivity index (χ1n) is 14.2. The van der Waals surface area contributed by atoms with Crippen LogP contribution >= 0.6 is 0 Å². The maximum Gasteiger partial charge on any atom is 0.268 e. The van der Waals surface area contributed by atoms with Gasteiger partial charge < -0.3 is 4.74 Å². The van der Waals surface area contributed by atoms with Crippen molar-refractivity contribution in [3.63, 3.8) is 0 Å². The van der Waals surface area contributed by atoms with Gasteiger partial charge in [0.25, 0.3) is 6.33 Å². The number of hydrogen-bond donors (Lipinski definition) is 0. The molecule has 0 spiro atoms. The second kappa shape index (κ2) is 10.0. The molecular weight excluding hydrogens is 516 g/mol. The summed E-state index contributed by atoms with van der Waals surface area (Å²) in [6.45, 7) is 8.78. The molecule has 0 aliphatic carbocycles. The molecule has 42 heavy (non-hydrogen) atoms. The molecule has 3 heterocycles. The molecule has 206 valence electrons. The molecule has 0 N–H and O–H groups in total. The number of imidazole rings is 1. The summed E-state index contributed by atoms with van der Waals surface area (Å²) in [4.78, 5) is 4.80. The maximum absolute atomic E-state index is 6.45. The SMILES string of the molecule is Cc1cccc(-[n+]2[c-]n(-c3cccc(Oc4ccc5c6ccccc6n(-c6cc(C(C)(C)C)ccn6)c5c4)c3)cc2)c1. The molecule has 4 aromatic carbocycles. The van der Waals surface area contributed by atoms with Crippen LogP contribution in [0.1, 0.15) is 31.9 Å². The predicted molar refractivity (Wildman–Crippen MR) is 168 cm³/mol. The third kappa shape index (κ3) is 4.73. The Kier molecular flexibility index (Phi) is 6.16. The van der Waals surface area contributed by atoms with Gasteiger partial charge >= 0.3 is 0 Å². The Balaban J connectivity index is 1.26. The average Bonchev–Trinajstić information content (AvgIpc) is 3.61.